The van der Waals surface area contributed by atoms with Crippen LogP contribution in [0.15, 0.2) is 4.52 Å². The van der Waals surface area contributed by atoms with E-state index in [-0.39, 0.29) is 6.04 Å². The van der Waals surface area contributed by atoms with Crippen molar-refractivity contribution < 1.29 is 18.7 Å². The smallest absolute Gasteiger partial charge is 0.228 e. The van der Waals surface area contributed by atoms with Crippen molar-refractivity contribution in [3.05, 3.63) is 11.7 Å². The average molecular weight is 259 g/mol. The van der Waals surface area contributed by atoms with Crippen molar-refractivity contribution >= 4 is 0 Å². The molecular weight excluding hydrogens is 238 g/mol. The summed E-state index contributed by atoms with van der Waals surface area (Å²) >= 11 is 0. The molecule has 7 nitrogen and oxygen atoms in total. The summed E-state index contributed by atoms with van der Waals surface area (Å²) < 4.78 is 20.2. The monoisotopic (exact) mass is 259 g/mol. The number of aromatic nitrogens is 2. The Morgan fingerprint density at radius 2 is 2.06 bits per heavy atom. The van der Waals surface area contributed by atoms with Crippen LogP contribution in [0.25, 0.3) is 0 Å². The molecule has 1 atom stereocenters. The van der Waals surface area contributed by atoms with Crippen molar-refractivity contribution in [1.82, 2.24) is 10.1 Å². The fraction of sp³-hybridized carbons (Fsp3) is 0.818. The summed E-state index contributed by atoms with van der Waals surface area (Å²) in [5, 5.41) is 3.85. The zero-order valence-electron chi connectivity index (χ0n) is 10.9. The number of hydrogen-bond donors (Lipinski definition) is 1. The van der Waals surface area contributed by atoms with Gasteiger partial charge >= 0.3 is 0 Å². The molecule has 0 aliphatic heterocycles. The van der Waals surface area contributed by atoms with Gasteiger partial charge in [0.25, 0.3) is 0 Å². The first-order valence-electron chi connectivity index (χ1n) is 5.89. The highest BCUT2D eigenvalue weighted by atomic mass is 16.5. The minimum atomic E-state index is -0.124. The topological polar surface area (TPSA) is 92.6 Å². The van der Waals surface area contributed by atoms with E-state index in [4.69, 9.17) is 24.5 Å². The molecule has 0 amide bonds. The predicted octanol–water partition coefficient (Wildman–Crippen LogP) is -0.209. The molecule has 0 saturated carbocycles. The van der Waals surface area contributed by atoms with Crippen LogP contribution < -0.4 is 5.73 Å². The van der Waals surface area contributed by atoms with Crippen molar-refractivity contribution in [2.24, 2.45) is 5.73 Å². The lowest BCUT2D eigenvalue weighted by molar-refractivity contribution is 0.0714. The van der Waals surface area contributed by atoms with E-state index < -0.39 is 0 Å². The summed E-state index contributed by atoms with van der Waals surface area (Å²) in [5.74, 6) is 1.17. The third-order valence-electron chi connectivity index (χ3n) is 2.23. The van der Waals surface area contributed by atoms with E-state index in [1.807, 2.05) is 0 Å². The van der Waals surface area contributed by atoms with Gasteiger partial charge in [-0.15, -0.1) is 0 Å². The molecule has 0 fully saturated rings. The van der Waals surface area contributed by atoms with E-state index in [1.165, 1.54) is 0 Å². The first kappa shape index (κ1) is 15.0. The zero-order valence-corrected chi connectivity index (χ0v) is 10.9. The standard InChI is InChI=1S/C11H21N3O4/c1-15-5-6-17-4-3-10-13-11(18-14-10)7-9(12)8-16-2/h9H,3-8,12H2,1-2H3. The van der Waals surface area contributed by atoms with Crippen LogP contribution in [0.1, 0.15) is 11.7 Å². The van der Waals surface area contributed by atoms with Gasteiger partial charge in [-0.25, -0.2) is 0 Å². The lowest BCUT2D eigenvalue weighted by Gasteiger charge is -2.05. The van der Waals surface area contributed by atoms with Gasteiger partial charge in [0, 0.05) is 33.1 Å². The summed E-state index contributed by atoms with van der Waals surface area (Å²) in [7, 11) is 3.24. The Morgan fingerprint density at radius 3 is 2.78 bits per heavy atom. The van der Waals surface area contributed by atoms with Gasteiger partial charge in [-0.1, -0.05) is 5.16 Å². The van der Waals surface area contributed by atoms with Gasteiger partial charge in [-0.3, -0.25) is 0 Å². The van der Waals surface area contributed by atoms with E-state index in [9.17, 15) is 0 Å². The molecule has 1 heterocycles. The molecule has 0 aliphatic carbocycles. The van der Waals surface area contributed by atoms with E-state index in [0.717, 1.165) is 0 Å². The molecule has 0 saturated heterocycles. The van der Waals surface area contributed by atoms with Crippen LogP contribution in [-0.4, -0.2) is 56.8 Å². The molecule has 2 N–H and O–H groups in total. The van der Waals surface area contributed by atoms with Crippen molar-refractivity contribution in [3.8, 4) is 0 Å². The number of nitrogens with zero attached hydrogens (tertiary/aromatic N) is 2. The third kappa shape index (κ3) is 6.06. The van der Waals surface area contributed by atoms with E-state index in [2.05, 4.69) is 10.1 Å². The largest absolute Gasteiger partial charge is 0.383 e. The van der Waals surface area contributed by atoms with Gasteiger partial charge < -0.3 is 24.5 Å². The Labute approximate surface area is 107 Å². The van der Waals surface area contributed by atoms with Crippen LogP contribution in [0, 0.1) is 0 Å². The first-order valence-corrected chi connectivity index (χ1v) is 5.89. The quantitative estimate of drug-likeness (QED) is 0.581. The summed E-state index contributed by atoms with van der Waals surface area (Å²) in [5.41, 5.74) is 5.79. The van der Waals surface area contributed by atoms with Crippen LogP contribution in [0.2, 0.25) is 0 Å². The molecular formula is C11H21N3O4. The molecule has 1 rings (SSSR count). The second-order valence-electron chi connectivity index (χ2n) is 3.88. The Morgan fingerprint density at radius 1 is 1.22 bits per heavy atom. The number of ether oxygens (including phenoxy) is 3. The minimum Gasteiger partial charge on any atom is -0.383 e. The van der Waals surface area contributed by atoms with Gasteiger partial charge in [0.1, 0.15) is 0 Å². The highest BCUT2D eigenvalue weighted by molar-refractivity contribution is 4.89. The summed E-state index contributed by atoms with van der Waals surface area (Å²) in [6.45, 7) is 2.17. The van der Waals surface area contributed by atoms with Crippen LogP contribution in [0.4, 0.5) is 0 Å². The van der Waals surface area contributed by atoms with Gasteiger partial charge in [0.05, 0.1) is 26.4 Å². The Bertz CT molecular complexity index is 319. The molecule has 104 valence electrons. The van der Waals surface area contributed by atoms with E-state index in [0.29, 0.717) is 51.0 Å². The molecule has 1 unspecified atom stereocenters. The van der Waals surface area contributed by atoms with Crippen LogP contribution >= 0.6 is 0 Å². The van der Waals surface area contributed by atoms with E-state index >= 15 is 0 Å². The van der Waals surface area contributed by atoms with Crippen LogP contribution in [0.3, 0.4) is 0 Å². The number of hydrogen-bond acceptors (Lipinski definition) is 7. The van der Waals surface area contributed by atoms with Crippen molar-refractivity contribution in [1.29, 1.82) is 0 Å². The predicted molar refractivity (Wildman–Crippen MR) is 64.3 cm³/mol. The Kier molecular flexibility index (Phi) is 7.51. The lowest BCUT2D eigenvalue weighted by Crippen LogP contribution is -2.28. The first-order chi connectivity index (χ1) is 8.76. The Hall–Kier alpha value is -1.02. The molecule has 18 heavy (non-hydrogen) atoms. The van der Waals surface area contributed by atoms with Gasteiger partial charge in [0.2, 0.25) is 5.89 Å². The van der Waals surface area contributed by atoms with Crippen molar-refractivity contribution in [2.75, 3.05) is 40.6 Å². The van der Waals surface area contributed by atoms with E-state index in [1.54, 1.807) is 14.2 Å². The maximum atomic E-state index is 5.79. The number of nitrogens with two attached hydrogens (primary N) is 1. The second-order valence-corrected chi connectivity index (χ2v) is 3.88. The maximum Gasteiger partial charge on any atom is 0.228 e. The maximum absolute atomic E-state index is 5.79. The molecule has 0 aliphatic rings. The zero-order chi connectivity index (χ0) is 13.2. The molecule has 1 aromatic heterocycles. The highest BCUT2D eigenvalue weighted by Gasteiger charge is 2.10. The summed E-state index contributed by atoms with van der Waals surface area (Å²) in [6, 6.07) is -0.124. The molecule has 0 bridgehead atoms. The number of rotatable bonds is 10. The van der Waals surface area contributed by atoms with Crippen molar-refractivity contribution in [3.63, 3.8) is 0 Å². The molecule has 0 radical (unpaired) electrons. The summed E-state index contributed by atoms with van der Waals surface area (Å²) in [6.07, 6.45) is 1.14. The number of methoxy groups -OCH3 is 2. The minimum absolute atomic E-state index is 0.124. The molecule has 1 aromatic rings. The van der Waals surface area contributed by atoms with Gasteiger partial charge in [0.15, 0.2) is 5.82 Å². The normalized spacial score (nSPS) is 12.8. The fourth-order valence-electron chi connectivity index (χ4n) is 1.38. The molecule has 0 aromatic carbocycles. The van der Waals surface area contributed by atoms with Crippen LogP contribution in [0.5, 0.6) is 0 Å². The SMILES string of the molecule is COCCOCCc1noc(CC(N)COC)n1. The molecule has 7 heteroatoms. The van der Waals surface area contributed by atoms with Crippen LogP contribution in [-0.2, 0) is 27.1 Å². The average Bonchev–Trinajstić information content (AvgIpc) is 2.77. The second kappa shape index (κ2) is 8.98. The Balaban J connectivity index is 2.21. The summed E-state index contributed by atoms with van der Waals surface area (Å²) in [4.78, 5) is 4.23. The fourth-order valence-corrected chi connectivity index (χ4v) is 1.38. The third-order valence-corrected chi connectivity index (χ3v) is 2.23. The highest BCUT2D eigenvalue weighted by Crippen LogP contribution is 2.01. The lowest BCUT2D eigenvalue weighted by atomic mass is 10.2. The van der Waals surface area contributed by atoms with Gasteiger partial charge in [-0.2, -0.15) is 4.98 Å². The van der Waals surface area contributed by atoms with Crippen molar-refractivity contribution in [2.45, 2.75) is 18.9 Å². The molecule has 0 spiro atoms. The van der Waals surface area contributed by atoms with Gasteiger partial charge in [-0.05, 0) is 0 Å².